The first-order chi connectivity index (χ1) is 18.5. The fraction of sp³-hybridized carbons (Fsp3) is 0.771. The van der Waals surface area contributed by atoms with Gasteiger partial charge in [0.15, 0.2) is 8.32 Å². The molecule has 5 heteroatoms. The van der Waals surface area contributed by atoms with Crippen molar-refractivity contribution in [3.05, 3.63) is 47.1 Å². The fourth-order valence-electron chi connectivity index (χ4n) is 8.02. The first kappa shape index (κ1) is 32.3. The topological polar surface area (TPSA) is 49.7 Å². The molecule has 0 amide bonds. The highest BCUT2D eigenvalue weighted by Crippen LogP contribution is 2.65. The maximum atomic E-state index is 10.9. The molecule has 40 heavy (non-hydrogen) atoms. The van der Waals surface area contributed by atoms with Gasteiger partial charge in [0, 0.05) is 16.4 Å². The Bertz CT molecular complexity index is 1060. The van der Waals surface area contributed by atoms with Gasteiger partial charge in [-0.1, -0.05) is 95.6 Å². The van der Waals surface area contributed by atoms with Crippen LogP contribution in [-0.2, 0) is 4.43 Å². The van der Waals surface area contributed by atoms with Crippen LogP contribution in [0.3, 0.4) is 0 Å². The molecular weight excluding hydrogens is 529 g/mol. The van der Waals surface area contributed by atoms with Gasteiger partial charge in [-0.15, -0.1) is 0 Å². The minimum absolute atomic E-state index is 0.0383. The Morgan fingerprint density at radius 3 is 2.45 bits per heavy atom. The molecule has 4 aliphatic carbocycles. The zero-order valence-corrected chi connectivity index (χ0v) is 29.0. The Labute approximate surface area is 251 Å². The van der Waals surface area contributed by atoms with Gasteiger partial charge in [0.05, 0.1) is 17.8 Å². The molecule has 0 aliphatic heterocycles. The lowest BCUT2D eigenvalue weighted by Crippen LogP contribution is -2.57. The van der Waals surface area contributed by atoms with Crippen LogP contribution in [0.1, 0.15) is 100 Å². The van der Waals surface area contributed by atoms with Crippen LogP contribution in [0, 0.1) is 22.7 Å². The molecule has 0 radical (unpaired) electrons. The van der Waals surface area contributed by atoms with Crippen molar-refractivity contribution in [2.75, 3.05) is 5.75 Å². The zero-order chi connectivity index (χ0) is 29.7. The summed E-state index contributed by atoms with van der Waals surface area (Å²) in [7, 11) is -1.99. The summed E-state index contributed by atoms with van der Waals surface area (Å²) in [5, 5.41) is 22.1. The predicted molar refractivity (Wildman–Crippen MR) is 175 cm³/mol. The van der Waals surface area contributed by atoms with E-state index in [-0.39, 0.29) is 28.1 Å². The molecule has 0 saturated heterocycles. The van der Waals surface area contributed by atoms with Crippen molar-refractivity contribution in [1.82, 2.24) is 0 Å². The molecule has 3 nitrogen and oxygen atoms in total. The Morgan fingerprint density at radius 1 is 1.15 bits per heavy atom. The van der Waals surface area contributed by atoms with Crippen LogP contribution in [0.5, 0.6) is 0 Å². The fourth-order valence-corrected chi connectivity index (χ4v) is 10.5. The molecule has 0 aromatic rings. The summed E-state index contributed by atoms with van der Waals surface area (Å²) in [4.78, 5) is 0. The van der Waals surface area contributed by atoms with Crippen LogP contribution in [0.15, 0.2) is 47.1 Å². The molecule has 0 spiro atoms. The second-order valence-electron chi connectivity index (χ2n) is 15.2. The van der Waals surface area contributed by atoms with Gasteiger partial charge in [0.1, 0.15) is 0 Å². The van der Waals surface area contributed by atoms with Gasteiger partial charge in [0.2, 0.25) is 0 Å². The maximum absolute atomic E-state index is 10.9. The number of thioether (sulfide) groups is 1. The van der Waals surface area contributed by atoms with E-state index in [2.05, 4.69) is 92.8 Å². The largest absolute Gasteiger partial charge is 0.413 e. The molecule has 0 aromatic carbocycles. The van der Waals surface area contributed by atoms with Gasteiger partial charge >= 0.3 is 0 Å². The van der Waals surface area contributed by atoms with Crippen molar-refractivity contribution in [2.24, 2.45) is 22.7 Å². The van der Waals surface area contributed by atoms with Crippen LogP contribution in [0.2, 0.25) is 18.1 Å². The highest BCUT2D eigenvalue weighted by Gasteiger charge is 2.58. The van der Waals surface area contributed by atoms with Crippen molar-refractivity contribution < 1.29 is 14.6 Å². The summed E-state index contributed by atoms with van der Waals surface area (Å²) in [5.74, 6) is 1.98. The Balaban J connectivity index is 1.54. The highest BCUT2D eigenvalue weighted by molar-refractivity contribution is 8.00. The van der Waals surface area contributed by atoms with Crippen LogP contribution in [0.25, 0.3) is 0 Å². The third-order valence-corrected chi connectivity index (χ3v) is 17.7. The van der Waals surface area contributed by atoms with E-state index >= 15 is 0 Å². The van der Waals surface area contributed by atoms with E-state index in [9.17, 15) is 10.2 Å². The lowest BCUT2D eigenvalue weighted by Gasteiger charge is -2.58. The Morgan fingerprint density at radius 2 is 1.82 bits per heavy atom. The van der Waals surface area contributed by atoms with E-state index in [1.165, 1.54) is 18.4 Å². The molecule has 226 valence electrons. The summed E-state index contributed by atoms with van der Waals surface area (Å²) in [5.41, 5.74) is 4.18. The number of aliphatic hydroxyl groups is 2. The molecule has 2 N–H and O–H groups in total. The Hall–Kier alpha value is -0.593. The van der Waals surface area contributed by atoms with E-state index in [1.807, 2.05) is 17.8 Å². The van der Waals surface area contributed by atoms with E-state index in [0.717, 1.165) is 37.9 Å². The van der Waals surface area contributed by atoms with Gasteiger partial charge in [-0.2, -0.15) is 11.8 Å². The quantitative estimate of drug-likeness (QED) is 0.209. The molecule has 0 unspecified atom stereocenters. The SMILES string of the molecule is CCC(O)(/C=C/CS[C@@H](C)C1=CC[C@H]2C3=CC=C4C[C@@H](O)C[C@H](O[Si](C)(C)C(C)(C)C)[C@]4(C)[C@H]3CC[C@]12C)CC. The summed E-state index contributed by atoms with van der Waals surface area (Å²) in [6.07, 6.45) is 18.0. The number of rotatable bonds is 9. The average Bonchev–Trinajstić information content (AvgIpc) is 3.23. The van der Waals surface area contributed by atoms with E-state index in [0.29, 0.717) is 17.1 Å². The van der Waals surface area contributed by atoms with Gasteiger partial charge < -0.3 is 14.6 Å². The normalized spacial score (nSPS) is 35.5. The van der Waals surface area contributed by atoms with Gasteiger partial charge in [-0.25, -0.2) is 0 Å². The number of aliphatic hydroxyl groups excluding tert-OH is 1. The first-order valence-electron chi connectivity index (χ1n) is 16.0. The predicted octanol–water partition coefficient (Wildman–Crippen LogP) is 9.00. The number of hydrogen-bond acceptors (Lipinski definition) is 4. The zero-order valence-electron chi connectivity index (χ0n) is 27.1. The molecule has 4 rings (SSSR count). The molecule has 4 aliphatic rings. The van der Waals surface area contributed by atoms with Crippen LogP contribution >= 0.6 is 11.8 Å². The van der Waals surface area contributed by atoms with Crippen molar-refractivity contribution >= 4 is 20.1 Å². The van der Waals surface area contributed by atoms with E-state index in [1.54, 1.807) is 11.1 Å². The molecule has 2 fully saturated rings. The smallest absolute Gasteiger partial charge is 0.192 e. The summed E-state index contributed by atoms with van der Waals surface area (Å²) in [6.45, 7) is 23.2. The number of fused-ring (bicyclic) bond motifs is 5. The lowest BCUT2D eigenvalue weighted by molar-refractivity contribution is -0.0417. The first-order valence-corrected chi connectivity index (χ1v) is 20.0. The summed E-state index contributed by atoms with van der Waals surface area (Å²) >= 11 is 2.00. The minimum Gasteiger partial charge on any atom is -0.413 e. The number of hydrogen-bond donors (Lipinski definition) is 2. The second kappa shape index (κ2) is 11.5. The lowest BCUT2D eigenvalue weighted by atomic mass is 9.49. The van der Waals surface area contributed by atoms with Gasteiger partial charge in [-0.3, -0.25) is 0 Å². The molecule has 0 heterocycles. The average molecular weight is 587 g/mol. The molecular formula is C35H58O3SSi. The van der Waals surface area contributed by atoms with Crippen molar-refractivity contribution in [3.63, 3.8) is 0 Å². The molecule has 7 atom stereocenters. The van der Waals surface area contributed by atoms with Crippen LogP contribution < -0.4 is 0 Å². The number of allylic oxidation sites excluding steroid dienone is 4. The van der Waals surface area contributed by atoms with Crippen LogP contribution in [0.4, 0.5) is 0 Å². The maximum Gasteiger partial charge on any atom is 0.192 e. The summed E-state index contributed by atoms with van der Waals surface area (Å²) < 4.78 is 7.20. The van der Waals surface area contributed by atoms with E-state index in [4.69, 9.17) is 4.43 Å². The van der Waals surface area contributed by atoms with Crippen molar-refractivity contribution in [2.45, 2.75) is 142 Å². The third-order valence-electron chi connectivity index (χ3n) is 12.0. The molecule has 2 saturated carbocycles. The van der Waals surface area contributed by atoms with Crippen molar-refractivity contribution in [3.8, 4) is 0 Å². The standard InChI is InChI=1S/C35H58O3SSi/c1-11-35(37,12-2)19-13-21-39-24(3)28-16-17-29-27-15-14-25-22-26(36)23-31(38-40(9,10)32(4,5)6)34(25,8)30(27)18-20-33(28,29)7/h13-16,19,24,26,29-31,36-37H,11-12,17-18,20-23H2,1-10H3/b19-13+/t24-,26+,29-,30-,31-,33+,34-/m0/s1. The van der Waals surface area contributed by atoms with Crippen LogP contribution in [-0.4, -0.2) is 47.3 Å². The Kier molecular flexibility index (Phi) is 9.28. The van der Waals surface area contributed by atoms with Gasteiger partial charge in [0.25, 0.3) is 0 Å². The third kappa shape index (κ3) is 5.68. The highest BCUT2D eigenvalue weighted by atomic mass is 32.2. The van der Waals surface area contributed by atoms with Crippen molar-refractivity contribution in [1.29, 1.82) is 0 Å². The summed E-state index contributed by atoms with van der Waals surface area (Å²) in [6, 6.07) is 0. The van der Waals surface area contributed by atoms with Gasteiger partial charge in [-0.05, 0) is 87.3 Å². The molecule has 0 aromatic heterocycles. The molecule has 0 bridgehead atoms. The second-order valence-corrected chi connectivity index (χ2v) is 21.4. The monoisotopic (exact) mass is 586 g/mol. The minimum atomic E-state index is -1.99. The van der Waals surface area contributed by atoms with E-state index < -0.39 is 13.9 Å².